The number of halogens is 1. The Hall–Kier alpha value is -2.15. The van der Waals surface area contributed by atoms with Crippen molar-refractivity contribution in [1.29, 1.82) is 0 Å². The van der Waals surface area contributed by atoms with Crippen molar-refractivity contribution in [1.82, 2.24) is 9.78 Å². The Labute approximate surface area is 236 Å². The summed E-state index contributed by atoms with van der Waals surface area (Å²) in [5, 5.41) is 18.9. The average molecular weight is 589 g/mol. The van der Waals surface area contributed by atoms with Gasteiger partial charge in [-0.2, -0.15) is 5.10 Å². The summed E-state index contributed by atoms with van der Waals surface area (Å²) >= 11 is 3.48. The van der Waals surface area contributed by atoms with Gasteiger partial charge in [-0.1, -0.05) is 76.2 Å². The van der Waals surface area contributed by atoms with Crippen LogP contribution in [-0.2, 0) is 17.4 Å². The molecule has 0 spiro atoms. The molecule has 1 heterocycles. The molecular formula is C31H46BrN3O3. The number of aromatic nitrogens is 2. The highest BCUT2D eigenvalue weighted by atomic mass is 79.9. The molecular weight excluding hydrogens is 542 g/mol. The minimum absolute atomic E-state index is 0.183. The van der Waals surface area contributed by atoms with Crippen LogP contribution in [0.25, 0.3) is 0 Å². The molecule has 210 valence electrons. The third-order valence-corrected chi connectivity index (χ3v) is 9.91. The van der Waals surface area contributed by atoms with E-state index in [4.69, 9.17) is 0 Å². The first-order chi connectivity index (χ1) is 17.3. The molecule has 1 aromatic heterocycles. The first-order valence-corrected chi connectivity index (χ1v) is 14.5. The summed E-state index contributed by atoms with van der Waals surface area (Å²) in [6, 6.07) is 3.72. The molecule has 0 amide bonds. The highest BCUT2D eigenvalue weighted by Crippen LogP contribution is 2.48. The standard InChI is InChI=1S/C31H46BrN3O3/c1-17-12-23(18(2)19(3)31(17,10)11)34-24-15-33-35(28(38)26(24)32)16-25(36)20-13-21(29(4,5)6)27(37)22(14-20)30(7,8)9/h13-15,17-19,23,34,37H,12,16H2,1-11H3/t17-,18+,19+,23+/m0/s1. The van der Waals surface area contributed by atoms with Gasteiger partial charge in [0.25, 0.3) is 5.56 Å². The second-order valence-corrected chi connectivity index (χ2v) is 14.8. The van der Waals surface area contributed by atoms with Crippen LogP contribution in [0.5, 0.6) is 5.75 Å². The predicted octanol–water partition coefficient (Wildman–Crippen LogP) is 7.31. The fourth-order valence-electron chi connectivity index (χ4n) is 5.61. The lowest BCUT2D eigenvalue weighted by Crippen LogP contribution is -2.48. The number of rotatable bonds is 5. The Balaban J connectivity index is 1.90. The van der Waals surface area contributed by atoms with Crippen LogP contribution in [-0.4, -0.2) is 26.7 Å². The molecule has 1 aliphatic rings. The van der Waals surface area contributed by atoms with Gasteiger partial charge in [-0.15, -0.1) is 0 Å². The van der Waals surface area contributed by atoms with Crippen molar-refractivity contribution in [3.05, 3.63) is 49.8 Å². The fraction of sp³-hybridized carbons (Fsp3) is 0.645. The molecule has 3 rings (SSSR count). The average Bonchev–Trinajstić information content (AvgIpc) is 2.79. The zero-order valence-corrected chi connectivity index (χ0v) is 26.6. The lowest BCUT2D eigenvalue weighted by Gasteiger charge is -2.50. The number of anilines is 1. The zero-order valence-electron chi connectivity index (χ0n) is 25.0. The Kier molecular flexibility index (Phi) is 8.35. The number of phenolic OH excluding ortho intramolecular Hbond substituents is 1. The molecule has 2 aromatic rings. The maximum absolute atomic E-state index is 13.4. The maximum atomic E-state index is 13.4. The number of aromatic hydroxyl groups is 1. The SMILES string of the molecule is C[C@@H]1[C@@H](C)C(C)(C)[C@@H](C)C[C@H]1Nc1cnn(CC(=O)c2cc(C(C)(C)C)c(O)c(C(C)(C)C)c2)c(=O)c1Br. The molecule has 7 heteroatoms. The molecule has 4 atom stereocenters. The van der Waals surface area contributed by atoms with E-state index in [1.807, 2.05) is 41.5 Å². The number of Topliss-reactive ketones (excluding diaryl/α,β-unsaturated/α-hetero) is 1. The van der Waals surface area contributed by atoms with Gasteiger partial charge < -0.3 is 10.4 Å². The summed E-state index contributed by atoms with van der Waals surface area (Å²) < 4.78 is 1.59. The molecule has 1 fully saturated rings. The second-order valence-electron chi connectivity index (χ2n) is 14.0. The van der Waals surface area contributed by atoms with Crippen LogP contribution in [0.3, 0.4) is 0 Å². The number of nitrogens with zero attached hydrogens (tertiary/aromatic N) is 2. The van der Waals surface area contributed by atoms with Gasteiger partial charge in [0.2, 0.25) is 0 Å². The number of benzene rings is 1. The molecule has 1 aromatic carbocycles. The minimum Gasteiger partial charge on any atom is -0.507 e. The number of hydrogen-bond acceptors (Lipinski definition) is 5. The molecule has 6 nitrogen and oxygen atoms in total. The number of carbonyl (C=O) groups is 1. The van der Waals surface area contributed by atoms with Crippen LogP contribution in [0.4, 0.5) is 5.69 Å². The maximum Gasteiger partial charge on any atom is 0.283 e. The normalized spacial score (nSPS) is 23.8. The van der Waals surface area contributed by atoms with Crippen LogP contribution in [0.1, 0.15) is 104 Å². The van der Waals surface area contributed by atoms with E-state index < -0.39 is 0 Å². The smallest absolute Gasteiger partial charge is 0.283 e. The summed E-state index contributed by atoms with van der Waals surface area (Å²) in [4.78, 5) is 26.7. The van der Waals surface area contributed by atoms with Crippen LogP contribution >= 0.6 is 15.9 Å². The monoisotopic (exact) mass is 587 g/mol. The van der Waals surface area contributed by atoms with E-state index >= 15 is 0 Å². The number of carbonyl (C=O) groups excluding carboxylic acids is 1. The van der Waals surface area contributed by atoms with E-state index in [-0.39, 0.29) is 45.9 Å². The van der Waals surface area contributed by atoms with Crippen molar-refractivity contribution in [3.63, 3.8) is 0 Å². The number of phenols is 1. The van der Waals surface area contributed by atoms with Crippen molar-refractivity contribution < 1.29 is 9.90 Å². The third-order valence-electron chi connectivity index (χ3n) is 9.14. The lowest BCUT2D eigenvalue weighted by atomic mass is 9.58. The number of hydrogen-bond donors (Lipinski definition) is 2. The van der Waals surface area contributed by atoms with Gasteiger partial charge in [-0.25, -0.2) is 4.68 Å². The molecule has 0 aliphatic heterocycles. The summed E-state index contributed by atoms with van der Waals surface area (Å²) in [5.74, 6) is 1.49. The molecule has 0 radical (unpaired) electrons. The van der Waals surface area contributed by atoms with E-state index in [1.165, 1.54) is 4.68 Å². The highest BCUT2D eigenvalue weighted by Gasteiger charge is 2.43. The van der Waals surface area contributed by atoms with E-state index in [0.717, 1.165) is 6.42 Å². The summed E-state index contributed by atoms with van der Waals surface area (Å²) in [6.45, 7) is 23.4. The minimum atomic E-state index is -0.355. The van der Waals surface area contributed by atoms with Crippen molar-refractivity contribution in [3.8, 4) is 5.75 Å². The first kappa shape index (κ1) is 30.4. The summed E-state index contributed by atoms with van der Waals surface area (Å²) in [6.07, 6.45) is 2.65. The topological polar surface area (TPSA) is 84.2 Å². The van der Waals surface area contributed by atoms with Crippen molar-refractivity contribution >= 4 is 27.4 Å². The molecule has 1 saturated carbocycles. The lowest BCUT2D eigenvalue weighted by molar-refractivity contribution is 0.0316. The fourth-order valence-corrected chi connectivity index (χ4v) is 6.03. The van der Waals surface area contributed by atoms with Gasteiger partial charge in [0, 0.05) is 22.7 Å². The molecule has 0 unspecified atom stereocenters. The molecule has 0 bridgehead atoms. The van der Waals surface area contributed by atoms with Crippen molar-refractivity contribution in [2.45, 2.75) is 106 Å². The van der Waals surface area contributed by atoms with Crippen LogP contribution in [0.2, 0.25) is 0 Å². The van der Waals surface area contributed by atoms with Gasteiger partial charge in [0.15, 0.2) is 5.78 Å². The molecule has 0 saturated heterocycles. The van der Waals surface area contributed by atoms with E-state index in [2.05, 4.69) is 61.0 Å². The van der Waals surface area contributed by atoms with E-state index in [1.54, 1.807) is 18.3 Å². The van der Waals surface area contributed by atoms with Crippen molar-refractivity contribution in [2.24, 2.45) is 23.2 Å². The van der Waals surface area contributed by atoms with Crippen LogP contribution in [0.15, 0.2) is 27.6 Å². The van der Waals surface area contributed by atoms with Gasteiger partial charge >= 0.3 is 0 Å². The Bertz CT molecular complexity index is 1230. The van der Waals surface area contributed by atoms with Gasteiger partial charge in [0.05, 0.1) is 11.9 Å². The van der Waals surface area contributed by atoms with Crippen LogP contribution < -0.4 is 10.9 Å². The Morgan fingerprint density at radius 3 is 2.13 bits per heavy atom. The number of nitrogens with one attached hydrogen (secondary N) is 1. The number of ketones is 1. The molecule has 2 N–H and O–H groups in total. The molecule has 38 heavy (non-hydrogen) atoms. The van der Waals surface area contributed by atoms with E-state index in [0.29, 0.717) is 44.6 Å². The predicted molar refractivity (Wildman–Crippen MR) is 159 cm³/mol. The summed E-state index contributed by atoms with van der Waals surface area (Å²) in [7, 11) is 0. The van der Waals surface area contributed by atoms with Gasteiger partial charge in [-0.3, -0.25) is 9.59 Å². The van der Waals surface area contributed by atoms with Crippen LogP contribution in [0, 0.1) is 23.2 Å². The zero-order chi connectivity index (χ0) is 29.0. The summed E-state index contributed by atoms with van der Waals surface area (Å²) in [5.41, 5.74) is 1.74. The van der Waals surface area contributed by atoms with Crippen molar-refractivity contribution in [2.75, 3.05) is 5.32 Å². The second kappa shape index (κ2) is 10.4. The van der Waals surface area contributed by atoms with Gasteiger partial charge in [0.1, 0.15) is 16.8 Å². The van der Waals surface area contributed by atoms with Gasteiger partial charge in [-0.05, 0) is 68.5 Å². The Morgan fingerprint density at radius 1 is 1.11 bits per heavy atom. The highest BCUT2D eigenvalue weighted by molar-refractivity contribution is 9.10. The Morgan fingerprint density at radius 2 is 1.63 bits per heavy atom. The third kappa shape index (κ3) is 5.88. The first-order valence-electron chi connectivity index (χ1n) is 13.7. The van der Waals surface area contributed by atoms with E-state index in [9.17, 15) is 14.7 Å². The quantitative estimate of drug-likeness (QED) is 0.358. The largest absolute Gasteiger partial charge is 0.507 e. The molecule has 1 aliphatic carbocycles.